The van der Waals surface area contributed by atoms with E-state index in [0.717, 1.165) is 16.7 Å². The summed E-state index contributed by atoms with van der Waals surface area (Å²) in [6.45, 7) is 0.984. The van der Waals surface area contributed by atoms with Gasteiger partial charge in [-0.1, -0.05) is 71.4 Å². The first-order valence-electron chi connectivity index (χ1n) is 10.6. The Morgan fingerprint density at radius 3 is 2.55 bits per heavy atom. The van der Waals surface area contributed by atoms with Crippen LogP contribution in [0.4, 0.5) is 0 Å². The molecule has 5 rings (SSSR count). The first-order valence-corrected chi connectivity index (χ1v) is 11.0. The van der Waals surface area contributed by atoms with Gasteiger partial charge < -0.3 is 19.3 Å². The van der Waals surface area contributed by atoms with Gasteiger partial charge in [0.1, 0.15) is 18.8 Å². The second-order valence-electron chi connectivity index (χ2n) is 7.66. The number of nitrogens with zero attached hydrogens (tertiary/aromatic N) is 1. The van der Waals surface area contributed by atoms with Gasteiger partial charge >= 0.3 is 0 Å². The molecule has 1 atom stereocenters. The number of ether oxygens (including phenoxy) is 2. The Morgan fingerprint density at radius 2 is 1.73 bits per heavy atom. The molecule has 0 bridgehead atoms. The van der Waals surface area contributed by atoms with Gasteiger partial charge in [-0.25, -0.2) is 0 Å². The summed E-state index contributed by atoms with van der Waals surface area (Å²) in [5.41, 5.74) is 3.00. The van der Waals surface area contributed by atoms with Gasteiger partial charge in [-0.15, -0.1) is 0 Å². The summed E-state index contributed by atoms with van der Waals surface area (Å²) in [6.07, 6.45) is 1.91. The van der Waals surface area contributed by atoms with Crippen LogP contribution in [0.1, 0.15) is 38.9 Å². The quantitative estimate of drug-likeness (QED) is 0.427. The third-order valence-corrected chi connectivity index (χ3v) is 5.83. The van der Waals surface area contributed by atoms with Crippen molar-refractivity contribution in [2.24, 2.45) is 0 Å². The maximum atomic E-state index is 13.4. The molecule has 6 nitrogen and oxygen atoms in total. The molecule has 33 heavy (non-hydrogen) atoms. The lowest BCUT2D eigenvalue weighted by molar-refractivity contribution is 0.0941. The van der Waals surface area contributed by atoms with Crippen molar-refractivity contribution in [2.45, 2.75) is 12.5 Å². The number of fused-ring (bicyclic) bond motifs is 1. The molecule has 0 saturated carbocycles. The number of nitrogens with one attached hydrogen (secondary N) is 1. The summed E-state index contributed by atoms with van der Waals surface area (Å²) in [5.74, 6) is 1.51. The zero-order chi connectivity index (χ0) is 22.6. The van der Waals surface area contributed by atoms with Crippen LogP contribution in [0.15, 0.2) is 83.5 Å². The summed E-state index contributed by atoms with van der Waals surface area (Å²) in [4.78, 5) is 13.4. The SMILES string of the molecule is O=C(NC(c1ccc2c(c1)OCCO2)c1ccccc1Cl)c1cnoc1Cc1ccccc1. The normalized spacial score (nSPS) is 13.4. The second-order valence-corrected chi connectivity index (χ2v) is 8.06. The third-order valence-electron chi connectivity index (χ3n) is 5.49. The van der Waals surface area contributed by atoms with Crippen molar-refractivity contribution in [3.05, 3.63) is 112 Å². The minimum absolute atomic E-state index is 0.304. The number of halogens is 1. The molecule has 3 aromatic carbocycles. The van der Waals surface area contributed by atoms with Crippen LogP contribution in [0, 0.1) is 0 Å². The van der Waals surface area contributed by atoms with Gasteiger partial charge in [0, 0.05) is 11.4 Å². The molecular formula is C26H21ClN2O4. The number of rotatable bonds is 6. The molecule has 4 aromatic rings. The van der Waals surface area contributed by atoms with E-state index in [1.54, 1.807) is 6.07 Å². The Hall–Kier alpha value is -3.77. The standard InChI is InChI=1S/C26H21ClN2O4/c27-21-9-5-4-8-19(21)25(18-10-11-22-24(15-18)32-13-12-31-22)29-26(30)20-16-28-33-23(20)14-17-6-2-1-3-7-17/h1-11,15-16,25H,12-14H2,(H,29,30). The fraction of sp³-hybridized carbons (Fsp3) is 0.154. The monoisotopic (exact) mass is 460 g/mol. The summed E-state index contributed by atoms with van der Waals surface area (Å²) < 4.78 is 16.8. The molecule has 1 aliphatic rings. The van der Waals surface area contributed by atoms with Crippen molar-refractivity contribution in [1.82, 2.24) is 10.5 Å². The van der Waals surface area contributed by atoms with E-state index >= 15 is 0 Å². The van der Waals surface area contributed by atoms with Crippen molar-refractivity contribution >= 4 is 17.5 Å². The van der Waals surface area contributed by atoms with Gasteiger partial charge in [-0.05, 0) is 34.9 Å². The Morgan fingerprint density at radius 1 is 0.970 bits per heavy atom. The van der Waals surface area contributed by atoms with Crippen LogP contribution < -0.4 is 14.8 Å². The van der Waals surface area contributed by atoms with Crippen LogP contribution >= 0.6 is 11.6 Å². The average molecular weight is 461 g/mol. The van der Waals surface area contributed by atoms with E-state index in [-0.39, 0.29) is 5.91 Å². The smallest absolute Gasteiger partial charge is 0.257 e. The average Bonchev–Trinajstić information content (AvgIpc) is 3.31. The highest BCUT2D eigenvalue weighted by Gasteiger charge is 2.25. The fourth-order valence-electron chi connectivity index (χ4n) is 3.86. The molecule has 0 aliphatic carbocycles. The van der Waals surface area contributed by atoms with Crippen molar-refractivity contribution in [3.63, 3.8) is 0 Å². The lowest BCUT2D eigenvalue weighted by atomic mass is 9.97. The van der Waals surface area contributed by atoms with Gasteiger partial charge in [0.2, 0.25) is 0 Å². The molecule has 7 heteroatoms. The van der Waals surface area contributed by atoms with Gasteiger partial charge in [-0.3, -0.25) is 4.79 Å². The molecule has 0 fully saturated rings. The van der Waals surface area contributed by atoms with E-state index in [4.69, 9.17) is 25.6 Å². The molecule has 0 spiro atoms. The number of carbonyl (C=O) groups excluding carboxylic acids is 1. The van der Waals surface area contributed by atoms with Crippen molar-refractivity contribution in [1.29, 1.82) is 0 Å². The number of amides is 1. The lowest BCUT2D eigenvalue weighted by Gasteiger charge is -2.24. The lowest BCUT2D eigenvalue weighted by Crippen LogP contribution is -2.30. The van der Waals surface area contributed by atoms with E-state index in [0.29, 0.717) is 47.5 Å². The number of benzene rings is 3. The Balaban J connectivity index is 1.47. The Kier molecular flexibility index (Phi) is 6.00. The highest BCUT2D eigenvalue weighted by atomic mass is 35.5. The zero-order valence-electron chi connectivity index (χ0n) is 17.7. The van der Waals surface area contributed by atoms with Crippen molar-refractivity contribution in [3.8, 4) is 11.5 Å². The third kappa shape index (κ3) is 4.56. The summed E-state index contributed by atoms with van der Waals surface area (Å²) in [6, 6.07) is 22.3. The molecule has 1 amide bonds. The van der Waals surface area contributed by atoms with Crippen LogP contribution in [0.2, 0.25) is 5.02 Å². The molecule has 1 N–H and O–H groups in total. The number of aromatic nitrogens is 1. The molecule has 1 aromatic heterocycles. The molecule has 1 unspecified atom stereocenters. The summed E-state index contributed by atoms with van der Waals surface area (Å²) in [7, 11) is 0. The topological polar surface area (TPSA) is 73.6 Å². The van der Waals surface area contributed by atoms with Gasteiger partial charge in [-0.2, -0.15) is 0 Å². The predicted octanol–water partition coefficient (Wildman–Crippen LogP) is 5.21. The predicted molar refractivity (Wildman–Crippen MR) is 124 cm³/mol. The minimum atomic E-state index is -0.512. The highest BCUT2D eigenvalue weighted by Crippen LogP contribution is 2.36. The minimum Gasteiger partial charge on any atom is -0.486 e. The van der Waals surface area contributed by atoms with E-state index in [1.165, 1.54) is 6.20 Å². The highest BCUT2D eigenvalue weighted by molar-refractivity contribution is 6.31. The Labute approximate surface area is 196 Å². The van der Waals surface area contributed by atoms with Crippen LogP contribution in [-0.2, 0) is 6.42 Å². The van der Waals surface area contributed by atoms with Crippen LogP contribution in [-0.4, -0.2) is 24.3 Å². The molecule has 2 heterocycles. The van der Waals surface area contributed by atoms with Gasteiger partial charge in [0.15, 0.2) is 17.3 Å². The zero-order valence-corrected chi connectivity index (χ0v) is 18.4. The number of hydrogen-bond acceptors (Lipinski definition) is 5. The van der Waals surface area contributed by atoms with E-state index < -0.39 is 6.04 Å². The number of hydrogen-bond donors (Lipinski definition) is 1. The van der Waals surface area contributed by atoms with Gasteiger partial charge in [0.25, 0.3) is 5.91 Å². The van der Waals surface area contributed by atoms with E-state index in [1.807, 2.05) is 66.7 Å². The fourth-order valence-corrected chi connectivity index (χ4v) is 4.10. The number of carbonyl (C=O) groups is 1. The van der Waals surface area contributed by atoms with Crippen molar-refractivity contribution in [2.75, 3.05) is 13.2 Å². The van der Waals surface area contributed by atoms with Crippen LogP contribution in [0.3, 0.4) is 0 Å². The Bertz CT molecular complexity index is 1270. The van der Waals surface area contributed by atoms with E-state index in [9.17, 15) is 4.79 Å². The summed E-state index contributed by atoms with van der Waals surface area (Å²) in [5, 5.41) is 7.52. The van der Waals surface area contributed by atoms with Crippen LogP contribution in [0.5, 0.6) is 11.5 Å². The first kappa shape index (κ1) is 21.1. The molecule has 0 saturated heterocycles. The maximum absolute atomic E-state index is 13.4. The molecule has 166 valence electrons. The second kappa shape index (κ2) is 9.38. The summed E-state index contributed by atoms with van der Waals surface area (Å²) >= 11 is 6.52. The van der Waals surface area contributed by atoms with Crippen LogP contribution in [0.25, 0.3) is 0 Å². The van der Waals surface area contributed by atoms with Gasteiger partial charge in [0.05, 0.1) is 12.2 Å². The largest absolute Gasteiger partial charge is 0.486 e. The first-order chi connectivity index (χ1) is 16.2. The maximum Gasteiger partial charge on any atom is 0.257 e. The van der Waals surface area contributed by atoms with E-state index in [2.05, 4.69) is 10.5 Å². The molecular weight excluding hydrogens is 440 g/mol. The van der Waals surface area contributed by atoms with Crippen molar-refractivity contribution < 1.29 is 18.8 Å². The molecule has 1 aliphatic heterocycles. The molecule has 0 radical (unpaired) electrons.